The Bertz CT molecular complexity index is 1600. The minimum absolute atomic E-state index is 0.0491. The number of carbonyl (C=O) groups is 2. The normalized spacial score (nSPS) is 12.0. The molecule has 0 saturated carbocycles. The summed E-state index contributed by atoms with van der Waals surface area (Å²) in [6, 6.07) is 14.7. The highest BCUT2D eigenvalue weighted by Crippen LogP contribution is 2.42. The Morgan fingerprint density at radius 3 is 1.86 bits per heavy atom. The number of nitrogens with zero attached hydrogens (tertiary/aromatic N) is 2. The molecule has 4 aromatic rings. The zero-order valence-electron chi connectivity index (χ0n) is 25.3. The van der Waals surface area contributed by atoms with Gasteiger partial charge in [-0.2, -0.15) is 0 Å². The fourth-order valence-electron chi connectivity index (χ4n) is 4.54. The number of carbonyl (C=O) groups excluding carboxylic acids is 1. The van der Waals surface area contributed by atoms with E-state index in [0.29, 0.717) is 45.2 Å². The summed E-state index contributed by atoms with van der Waals surface area (Å²) in [7, 11) is 1.53. The Labute approximate surface area is 250 Å². The van der Waals surface area contributed by atoms with Crippen molar-refractivity contribution in [3.8, 4) is 23.0 Å². The predicted molar refractivity (Wildman–Crippen MR) is 161 cm³/mol. The van der Waals surface area contributed by atoms with Gasteiger partial charge in [-0.1, -0.05) is 6.07 Å². The van der Waals surface area contributed by atoms with Crippen molar-refractivity contribution in [2.75, 3.05) is 7.11 Å². The van der Waals surface area contributed by atoms with Crippen LogP contribution in [-0.2, 0) is 11.2 Å². The molecule has 0 aliphatic heterocycles. The molecule has 0 radical (unpaired) electrons. The second-order valence-corrected chi connectivity index (χ2v) is 10.8. The van der Waals surface area contributed by atoms with E-state index in [1.807, 2.05) is 41.5 Å². The van der Waals surface area contributed by atoms with Crippen molar-refractivity contribution in [2.24, 2.45) is 0 Å². The number of hydrogen-bond donors (Lipinski definition) is 1. The van der Waals surface area contributed by atoms with Crippen LogP contribution < -0.4 is 18.9 Å². The summed E-state index contributed by atoms with van der Waals surface area (Å²) in [5, 5.41) is 18.2. The second kappa shape index (κ2) is 13.4. The van der Waals surface area contributed by atoms with Crippen molar-refractivity contribution >= 4 is 28.4 Å². The topological polar surface area (TPSA) is 130 Å². The molecule has 4 rings (SSSR count). The van der Waals surface area contributed by atoms with Crippen LogP contribution in [0.2, 0.25) is 0 Å². The van der Waals surface area contributed by atoms with Gasteiger partial charge in [0, 0.05) is 17.6 Å². The van der Waals surface area contributed by atoms with Gasteiger partial charge in [0.2, 0.25) is 5.75 Å². The fourth-order valence-corrected chi connectivity index (χ4v) is 4.54. The van der Waals surface area contributed by atoms with Gasteiger partial charge in [0.15, 0.2) is 17.3 Å². The number of fused-ring (bicyclic) bond motifs is 1. The number of carboxylic acids is 1. The number of Topliss-reactive ketones (excluding diaryl/α,β-unsaturated/α-hetero) is 1. The van der Waals surface area contributed by atoms with E-state index in [-0.39, 0.29) is 41.4 Å². The molecule has 0 amide bonds. The van der Waals surface area contributed by atoms with E-state index < -0.39 is 11.8 Å². The van der Waals surface area contributed by atoms with Crippen molar-refractivity contribution in [1.29, 1.82) is 0 Å². The summed E-state index contributed by atoms with van der Waals surface area (Å²) in [6.45, 7) is 11.4. The third-order valence-electron chi connectivity index (χ3n) is 6.22. The number of methoxy groups -OCH3 is 1. The summed E-state index contributed by atoms with van der Waals surface area (Å²) in [6.07, 6.45) is -0.594. The number of carboxylic acid groups (broad SMARTS) is 1. The van der Waals surface area contributed by atoms with E-state index in [1.54, 1.807) is 48.5 Å². The van der Waals surface area contributed by atoms with Crippen LogP contribution in [0.4, 0.5) is 0 Å². The molecule has 0 spiro atoms. The maximum absolute atomic E-state index is 14.1. The lowest BCUT2D eigenvalue weighted by Gasteiger charge is -2.23. The molecule has 0 unspecified atom stereocenters. The summed E-state index contributed by atoms with van der Waals surface area (Å²) in [5.41, 5.74) is 1.89. The molecule has 1 N–H and O–H groups in total. The number of allylic oxidation sites excluding steroid dienone is 1. The van der Waals surface area contributed by atoms with E-state index in [2.05, 4.69) is 10.3 Å². The Balaban J connectivity index is 1.95. The van der Waals surface area contributed by atoms with Crippen LogP contribution in [-0.4, -0.2) is 52.6 Å². The Morgan fingerprint density at radius 2 is 1.33 bits per heavy atom. The Morgan fingerprint density at radius 1 is 0.767 bits per heavy atom. The highest BCUT2D eigenvalue weighted by molar-refractivity contribution is 6.26. The second-order valence-electron chi connectivity index (χ2n) is 10.8. The number of rotatable bonds is 13. The van der Waals surface area contributed by atoms with Crippen LogP contribution in [0.25, 0.3) is 16.6 Å². The number of aliphatic carboxylic acids is 1. The molecule has 3 aromatic carbocycles. The average molecular weight is 589 g/mol. The maximum atomic E-state index is 14.1. The smallest absolute Gasteiger partial charge is 0.336 e. The lowest BCUT2D eigenvalue weighted by molar-refractivity contribution is -0.130. The van der Waals surface area contributed by atoms with Crippen molar-refractivity contribution in [2.45, 2.75) is 66.3 Å². The molecule has 10 heteroatoms. The van der Waals surface area contributed by atoms with Crippen molar-refractivity contribution in [3.63, 3.8) is 0 Å². The molecule has 0 saturated heterocycles. The molecule has 1 aromatic heterocycles. The van der Waals surface area contributed by atoms with Gasteiger partial charge in [0.25, 0.3) is 0 Å². The van der Waals surface area contributed by atoms with Crippen LogP contribution in [0.5, 0.6) is 23.0 Å². The first-order chi connectivity index (χ1) is 20.5. The van der Waals surface area contributed by atoms with Crippen molar-refractivity contribution in [3.05, 3.63) is 76.9 Å². The SMILES string of the molecule is COc1ccc(C(=O)C(Cc2cc(OC(C)C)c(OC(C)C)c(OC(C)C)c2)=C(C(=O)O)c2ccc3nonc3c2)cc1. The van der Waals surface area contributed by atoms with E-state index in [0.717, 1.165) is 0 Å². The van der Waals surface area contributed by atoms with Gasteiger partial charge in [0.05, 0.1) is 31.0 Å². The number of hydrogen-bond acceptors (Lipinski definition) is 9. The average Bonchev–Trinajstić information content (AvgIpc) is 3.41. The number of ketones is 1. The highest BCUT2D eigenvalue weighted by atomic mass is 16.6. The minimum Gasteiger partial charge on any atom is -0.497 e. The summed E-state index contributed by atoms with van der Waals surface area (Å²) in [5.74, 6) is 0.135. The van der Waals surface area contributed by atoms with Gasteiger partial charge in [-0.25, -0.2) is 9.42 Å². The van der Waals surface area contributed by atoms with Gasteiger partial charge >= 0.3 is 5.97 Å². The summed E-state index contributed by atoms with van der Waals surface area (Å²) >= 11 is 0. The first-order valence-corrected chi connectivity index (χ1v) is 14.0. The molecule has 43 heavy (non-hydrogen) atoms. The number of ether oxygens (including phenoxy) is 4. The Kier molecular flexibility index (Phi) is 9.70. The summed E-state index contributed by atoms with van der Waals surface area (Å²) < 4.78 is 28.4. The molecular formula is C33H36N2O8. The third-order valence-corrected chi connectivity index (χ3v) is 6.22. The van der Waals surface area contributed by atoms with Crippen LogP contribution in [0, 0.1) is 0 Å². The fraction of sp³-hybridized carbons (Fsp3) is 0.333. The lowest BCUT2D eigenvalue weighted by Crippen LogP contribution is -2.16. The first kappa shape index (κ1) is 31.1. The molecule has 0 fully saturated rings. The van der Waals surface area contributed by atoms with Crippen LogP contribution >= 0.6 is 0 Å². The van der Waals surface area contributed by atoms with Gasteiger partial charge in [-0.05, 0) is 112 Å². The molecule has 0 bridgehead atoms. The molecule has 1 heterocycles. The zero-order valence-corrected chi connectivity index (χ0v) is 25.3. The number of benzene rings is 3. The monoisotopic (exact) mass is 588 g/mol. The standard InChI is InChI=1S/C33H36N2O8/c1-18(2)40-28-15-21(16-29(41-19(3)4)32(28)42-20(5)6)14-25(31(36)22-8-11-24(39-7)12-9-22)30(33(37)38)23-10-13-26-27(17-23)35-43-34-26/h8-13,15-20H,14H2,1-7H3,(H,37,38). The molecule has 10 nitrogen and oxygen atoms in total. The predicted octanol–water partition coefficient (Wildman–Crippen LogP) is 6.56. The van der Waals surface area contributed by atoms with Crippen molar-refractivity contribution in [1.82, 2.24) is 10.3 Å². The van der Waals surface area contributed by atoms with E-state index in [1.165, 1.54) is 13.2 Å². The van der Waals surface area contributed by atoms with Crippen LogP contribution in [0.1, 0.15) is 63.0 Å². The van der Waals surface area contributed by atoms with Gasteiger partial charge in [0.1, 0.15) is 16.8 Å². The van der Waals surface area contributed by atoms with Crippen LogP contribution in [0.15, 0.2) is 64.8 Å². The van der Waals surface area contributed by atoms with Gasteiger partial charge in [-0.15, -0.1) is 0 Å². The molecule has 0 aliphatic carbocycles. The van der Waals surface area contributed by atoms with E-state index >= 15 is 0 Å². The third kappa shape index (κ3) is 7.51. The minimum atomic E-state index is -1.27. The van der Waals surface area contributed by atoms with Gasteiger partial charge in [-0.3, -0.25) is 4.79 Å². The van der Waals surface area contributed by atoms with E-state index in [9.17, 15) is 14.7 Å². The molecule has 0 atom stereocenters. The largest absolute Gasteiger partial charge is 0.497 e. The zero-order chi connectivity index (χ0) is 31.3. The quantitative estimate of drug-likeness (QED) is 0.135. The Hall–Kier alpha value is -4.86. The van der Waals surface area contributed by atoms with Gasteiger partial charge < -0.3 is 24.1 Å². The molecule has 0 aliphatic rings. The van der Waals surface area contributed by atoms with Crippen LogP contribution in [0.3, 0.4) is 0 Å². The number of aromatic nitrogens is 2. The molecular weight excluding hydrogens is 552 g/mol. The highest BCUT2D eigenvalue weighted by Gasteiger charge is 2.26. The first-order valence-electron chi connectivity index (χ1n) is 14.0. The summed E-state index contributed by atoms with van der Waals surface area (Å²) in [4.78, 5) is 27.0. The lowest BCUT2D eigenvalue weighted by atomic mass is 9.89. The molecule has 226 valence electrons. The van der Waals surface area contributed by atoms with Crippen molar-refractivity contribution < 1.29 is 38.3 Å². The van der Waals surface area contributed by atoms with E-state index in [4.69, 9.17) is 23.6 Å². The maximum Gasteiger partial charge on any atom is 0.336 e.